The second-order valence-corrected chi connectivity index (χ2v) is 3.58. The van der Waals surface area contributed by atoms with Crippen molar-refractivity contribution in [1.82, 2.24) is 5.32 Å². The highest BCUT2D eigenvalue weighted by molar-refractivity contribution is 7.80. The molecule has 0 fully saturated rings. The summed E-state index contributed by atoms with van der Waals surface area (Å²) in [7, 11) is 1.88. The van der Waals surface area contributed by atoms with Gasteiger partial charge in [-0.3, -0.25) is 0 Å². The molecule has 0 aliphatic heterocycles. The van der Waals surface area contributed by atoms with Crippen LogP contribution >= 0.6 is 12.2 Å². The Morgan fingerprint density at radius 3 is 3.08 bits per heavy atom. The first kappa shape index (κ1) is 10.6. The lowest BCUT2D eigenvalue weighted by Gasteiger charge is -2.16. The molecule has 0 heterocycles. The van der Waals surface area contributed by atoms with E-state index in [1.54, 1.807) is 0 Å². The zero-order valence-corrected chi connectivity index (χ0v) is 8.60. The summed E-state index contributed by atoms with van der Waals surface area (Å²) < 4.78 is 0. The van der Waals surface area contributed by atoms with Crippen LogP contribution in [0.1, 0.15) is 12.8 Å². The number of thiocarbonyl (C=S) groups is 1. The lowest BCUT2D eigenvalue weighted by atomic mass is 9.97. The molecule has 0 bridgehead atoms. The van der Waals surface area contributed by atoms with Crippen LogP contribution in [0.2, 0.25) is 0 Å². The summed E-state index contributed by atoms with van der Waals surface area (Å²) in [5, 5.41) is 12.7. The first-order valence-corrected chi connectivity index (χ1v) is 4.89. The van der Waals surface area contributed by atoms with Gasteiger partial charge in [-0.1, -0.05) is 30.4 Å². The molecule has 0 aromatic carbocycles. The minimum absolute atomic E-state index is 0.412. The van der Waals surface area contributed by atoms with Crippen LogP contribution in [0.4, 0.5) is 0 Å². The van der Waals surface area contributed by atoms with Crippen LogP contribution in [0.15, 0.2) is 23.8 Å². The molecule has 2 N–H and O–H groups in total. The van der Waals surface area contributed by atoms with E-state index in [-0.39, 0.29) is 0 Å². The van der Waals surface area contributed by atoms with Gasteiger partial charge in [-0.2, -0.15) is 0 Å². The first-order chi connectivity index (χ1) is 6.25. The molecule has 1 rings (SSSR count). The SMILES string of the molecule is CNCC[C@H](O)C1=CC=CCC1=S. The third-order valence-electron chi connectivity index (χ3n) is 2.06. The molecular formula is C10H15NOS. The Balaban J connectivity index is 2.53. The Morgan fingerprint density at radius 2 is 2.46 bits per heavy atom. The molecule has 3 heteroatoms. The van der Waals surface area contributed by atoms with Crippen LogP contribution in [0.3, 0.4) is 0 Å². The maximum atomic E-state index is 9.75. The van der Waals surface area contributed by atoms with E-state index in [9.17, 15) is 5.11 Å². The molecule has 2 nitrogen and oxygen atoms in total. The maximum absolute atomic E-state index is 9.75. The third kappa shape index (κ3) is 3.03. The fraction of sp³-hybridized carbons (Fsp3) is 0.500. The van der Waals surface area contributed by atoms with Gasteiger partial charge in [-0.05, 0) is 25.6 Å². The Labute approximate surface area is 84.3 Å². The smallest absolute Gasteiger partial charge is 0.0813 e. The van der Waals surface area contributed by atoms with Crippen molar-refractivity contribution in [2.45, 2.75) is 18.9 Å². The van der Waals surface area contributed by atoms with Gasteiger partial charge in [0.05, 0.1) is 6.10 Å². The van der Waals surface area contributed by atoms with Crippen molar-refractivity contribution in [3.05, 3.63) is 23.8 Å². The van der Waals surface area contributed by atoms with E-state index in [0.29, 0.717) is 0 Å². The summed E-state index contributed by atoms with van der Waals surface area (Å²) in [5.41, 5.74) is 0.910. The van der Waals surface area contributed by atoms with E-state index in [4.69, 9.17) is 12.2 Å². The molecule has 0 saturated carbocycles. The molecule has 1 atom stereocenters. The second kappa shape index (κ2) is 5.27. The van der Waals surface area contributed by atoms with Crippen molar-refractivity contribution in [3.63, 3.8) is 0 Å². The molecule has 13 heavy (non-hydrogen) atoms. The van der Waals surface area contributed by atoms with Crippen LogP contribution in [0.5, 0.6) is 0 Å². The molecular weight excluding hydrogens is 182 g/mol. The average Bonchev–Trinajstić information content (AvgIpc) is 2.15. The van der Waals surface area contributed by atoms with E-state index >= 15 is 0 Å². The molecule has 0 unspecified atom stereocenters. The summed E-state index contributed by atoms with van der Waals surface area (Å²) in [6.07, 6.45) is 6.97. The lowest BCUT2D eigenvalue weighted by molar-refractivity contribution is 0.206. The fourth-order valence-corrected chi connectivity index (χ4v) is 1.59. The van der Waals surface area contributed by atoms with Gasteiger partial charge in [0.2, 0.25) is 0 Å². The van der Waals surface area contributed by atoms with Crippen molar-refractivity contribution in [3.8, 4) is 0 Å². The highest BCUT2D eigenvalue weighted by Gasteiger charge is 2.14. The summed E-state index contributed by atoms with van der Waals surface area (Å²) in [6, 6.07) is 0. The van der Waals surface area contributed by atoms with Crippen molar-refractivity contribution in [2.75, 3.05) is 13.6 Å². The predicted octanol–water partition coefficient (Wildman–Crippen LogP) is 1.21. The van der Waals surface area contributed by atoms with Gasteiger partial charge in [-0.25, -0.2) is 0 Å². The molecule has 0 radical (unpaired) electrons. The number of aliphatic hydroxyl groups is 1. The quantitative estimate of drug-likeness (QED) is 0.665. The Hall–Kier alpha value is -0.510. The third-order valence-corrected chi connectivity index (χ3v) is 2.47. The van der Waals surface area contributed by atoms with Crippen LogP contribution in [0.25, 0.3) is 0 Å². The zero-order chi connectivity index (χ0) is 9.68. The monoisotopic (exact) mass is 197 g/mol. The number of aliphatic hydroxyl groups excluding tert-OH is 1. The number of rotatable bonds is 4. The lowest BCUT2D eigenvalue weighted by Crippen LogP contribution is -2.22. The highest BCUT2D eigenvalue weighted by atomic mass is 32.1. The molecule has 0 aromatic heterocycles. The molecule has 1 aliphatic carbocycles. The van der Waals surface area contributed by atoms with E-state index in [2.05, 4.69) is 5.32 Å². The minimum atomic E-state index is -0.412. The average molecular weight is 197 g/mol. The van der Waals surface area contributed by atoms with Crippen LogP contribution in [0, 0.1) is 0 Å². The standard InChI is InChI=1S/C10H15NOS/c1-11-7-6-9(12)8-4-2-3-5-10(8)13/h2-4,9,11-12H,5-7H2,1H3/t9-/m0/s1. The molecule has 72 valence electrons. The van der Waals surface area contributed by atoms with Gasteiger partial charge >= 0.3 is 0 Å². The molecule has 0 amide bonds. The van der Waals surface area contributed by atoms with Gasteiger partial charge in [-0.15, -0.1) is 0 Å². The summed E-state index contributed by atoms with van der Waals surface area (Å²) >= 11 is 5.15. The van der Waals surface area contributed by atoms with Gasteiger partial charge in [0.25, 0.3) is 0 Å². The first-order valence-electron chi connectivity index (χ1n) is 4.48. The van der Waals surface area contributed by atoms with Crippen molar-refractivity contribution in [2.24, 2.45) is 0 Å². The summed E-state index contributed by atoms with van der Waals surface area (Å²) in [4.78, 5) is 0.867. The van der Waals surface area contributed by atoms with Crippen molar-refractivity contribution >= 4 is 17.1 Å². The largest absolute Gasteiger partial charge is 0.388 e. The summed E-state index contributed by atoms with van der Waals surface area (Å²) in [6.45, 7) is 0.810. The minimum Gasteiger partial charge on any atom is -0.388 e. The highest BCUT2D eigenvalue weighted by Crippen LogP contribution is 2.15. The predicted molar refractivity (Wildman–Crippen MR) is 59.0 cm³/mol. The van der Waals surface area contributed by atoms with Gasteiger partial charge < -0.3 is 10.4 Å². The number of allylic oxidation sites excluding steroid dienone is 3. The van der Waals surface area contributed by atoms with Gasteiger partial charge in [0.1, 0.15) is 0 Å². The van der Waals surface area contributed by atoms with Gasteiger partial charge in [0, 0.05) is 11.3 Å². The Morgan fingerprint density at radius 1 is 1.69 bits per heavy atom. The van der Waals surface area contributed by atoms with Crippen LogP contribution < -0.4 is 5.32 Å². The van der Waals surface area contributed by atoms with Crippen LogP contribution in [-0.2, 0) is 0 Å². The Bertz CT molecular complexity index is 245. The molecule has 0 spiro atoms. The second-order valence-electron chi connectivity index (χ2n) is 3.09. The van der Waals surface area contributed by atoms with E-state index in [1.165, 1.54) is 0 Å². The summed E-state index contributed by atoms with van der Waals surface area (Å²) in [5.74, 6) is 0. The molecule has 1 aliphatic rings. The maximum Gasteiger partial charge on any atom is 0.0813 e. The molecule has 0 aromatic rings. The van der Waals surface area contributed by atoms with E-state index in [1.807, 2.05) is 25.3 Å². The normalized spacial score (nSPS) is 18.6. The number of hydrogen-bond acceptors (Lipinski definition) is 3. The zero-order valence-electron chi connectivity index (χ0n) is 7.79. The Kier molecular flexibility index (Phi) is 4.28. The van der Waals surface area contributed by atoms with Crippen molar-refractivity contribution < 1.29 is 5.11 Å². The van der Waals surface area contributed by atoms with E-state index < -0.39 is 6.10 Å². The number of nitrogens with one attached hydrogen (secondary N) is 1. The fourth-order valence-electron chi connectivity index (χ4n) is 1.29. The topological polar surface area (TPSA) is 32.3 Å². The number of hydrogen-bond donors (Lipinski definition) is 2. The van der Waals surface area contributed by atoms with Crippen molar-refractivity contribution in [1.29, 1.82) is 0 Å². The molecule has 0 saturated heterocycles. The van der Waals surface area contributed by atoms with Gasteiger partial charge in [0.15, 0.2) is 0 Å². The van der Waals surface area contributed by atoms with Crippen LogP contribution in [-0.4, -0.2) is 29.7 Å². The van der Waals surface area contributed by atoms with E-state index in [0.717, 1.165) is 29.8 Å².